The molecular formula is C22H23NO. The lowest BCUT2D eigenvalue weighted by molar-refractivity contribution is 0.306. The van der Waals surface area contributed by atoms with Crippen LogP contribution in [0.4, 0.5) is 0 Å². The minimum absolute atomic E-state index is 0.312. The Morgan fingerprint density at radius 1 is 0.750 bits per heavy atom. The molecule has 0 heterocycles. The highest BCUT2D eigenvalue weighted by atomic mass is 16.5. The molecule has 0 aliphatic carbocycles. The summed E-state index contributed by atoms with van der Waals surface area (Å²) in [5.74, 6) is 0.877. The summed E-state index contributed by atoms with van der Waals surface area (Å²) in [5, 5.41) is 0. The van der Waals surface area contributed by atoms with Crippen LogP contribution < -0.4 is 10.5 Å². The van der Waals surface area contributed by atoms with Gasteiger partial charge >= 0.3 is 0 Å². The molecule has 0 spiro atoms. The first-order valence-corrected chi connectivity index (χ1v) is 8.19. The molecule has 0 radical (unpaired) electrons. The van der Waals surface area contributed by atoms with Crippen molar-refractivity contribution in [3.05, 3.63) is 90.0 Å². The van der Waals surface area contributed by atoms with Gasteiger partial charge in [0, 0.05) is 5.54 Å². The summed E-state index contributed by atoms with van der Waals surface area (Å²) in [5.41, 5.74) is 10.5. The van der Waals surface area contributed by atoms with Gasteiger partial charge in [-0.25, -0.2) is 0 Å². The van der Waals surface area contributed by atoms with Crippen LogP contribution in [0.3, 0.4) is 0 Å². The second-order valence-corrected chi connectivity index (χ2v) is 6.60. The van der Waals surface area contributed by atoms with Crippen molar-refractivity contribution in [2.45, 2.75) is 26.0 Å². The monoisotopic (exact) mass is 317 g/mol. The van der Waals surface area contributed by atoms with Gasteiger partial charge in [-0.2, -0.15) is 0 Å². The van der Waals surface area contributed by atoms with E-state index in [1.807, 2.05) is 44.2 Å². The Morgan fingerprint density at radius 2 is 1.29 bits per heavy atom. The summed E-state index contributed by atoms with van der Waals surface area (Å²) in [6, 6.07) is 26.8. The maximum absolute atomic E-state index is 6.13. The van der Waals surface area contributed by atoms with Crippen molar-refractivity contribution in [1.82, 2.24) is 0 Å². The molecule has 3 aromatic rings. The van der Waals surface area contributed by atoms with Gasteiger partial charge in [0.2, 0.25) is 0 Å². The molecule has 3 aromatic carbocycles. The summed E-state index contributed by atoms with van der Waals surface area (Å²) in [7, 11) is 0. The topological polar surface area (TPSA) is 35.2 Å². The maximum atomic E-state index is 6.13. The van der Waals surface area contributed by atoms with Crippen LogP contribution in [0.1, 0.15) is 25.0 Å². The number of benzene rings is 3. The average molecular weight is 317 g/mol. The maximum Gasteiger partial charge on any atom is 0.119 e. The molecule has 0 aliphatic heterocycles. The number of rotatable bonds is 5. The highest BCUT2D eigenvalue weighted by molar-refractivity contribution is 5.64. The minimum Gasteiger partial charge on any atom is -0.489 e. The van der Waals surface area contributed by atoms with Gasteiger partial charge < -0.3 is 10.5 Å². The first-order chi connectivity index (χ1) is 11.5. The van der Waals surface area contributed by atoms with Crippen LogP contribution >= 0.6 is 0 Å². The quantitative estimate of drug-likeness (QED) is 0.708. The molecule has 0 aromatic heterocycles. The Kier molecular flexibility index (Phi) is 4.68. The molecule has 2 N–H and O–H groups in total. The highest BCUT2D eigenvalue weighted by Crippen LogP contribution is 2.25. The fraction of sp³-hybridized carbons (Fsp3) is 0.182. The van der Waals surface area contributed by atoms with E-state index in [1.165, 1.54) is 16.7 Å². The predicted molar refractivity (Wildman–Crippen MR) is 99.9 cm³/mol. The predicted octanol–water partition coefficient (Wildman–Crippen LogP) is 5.13. The molecule has 0 unspecified atom stereocenters. The molecule has 0 fully saturated rings. The van der Waals surface area contributed by atoms with Crippen LogP contribution in [0.2, 0.25) is 0 Å². The molecule has 0 atom stereocenters. The van der Waals surface area contributed by atoms with Crippen LogP contribution in [-0.4, -0.2) is 0 Å². The number of ether oxygens (including phenoxy) is 1. The summed E-state index contributed by atoms with van der Waals surface area (Å²) in [6.07, 6.45) is 0. The van der Waals surface area contributed by atoms with E-state index in [-0.39, 0.29) is 5.54 Å². The molecule has 0 saturated carbocycles. The lowest BCUT2D eigenvalue weighted by Gasteiger charge is -2.19. The fourth-order valence-electron chi connectivity index (χ4n) is 2.58. The van der Waals surface area contributed by atoms with E-state index >= 15 is 0 Å². The fourth-order valence-corrected chi connectivity index (χ4v) is 2.58. The molecule has 122 valence electrons. The Bertz CT molecular complexity index is 769. The van der Waals surface area contributed by atoms with Gasteiger partial charge in [0.25, 0.3) is 0 Å². The molecular weight excluding hydrogens is 294 g/mol. The van der Waals surface area contributed by atoms with Crippen molar-refractivity contribution in [2.75, 3.05) is 0 Å². The van der Waals surface area contributed by atoms with Crippen molar-refractivity contribution < 1.29 is 4.74 Å². The molecule has 0 bridgehead atoms. The summed E-state index contributed by atoms with van der Waals surface area (Å²) < 4.78 is 5.83. The first kappa shape index (κ1) is 16.3. The van der Waals surface area contributed by atoms with Gasteiger partial charge in [0.1, 0.15) is 12.4 Å². The molecule has 2 nitrogen and oxygen atoms in total. The molecule has 3 rings (SSSR count). The van der Waals surface area contributed by atoms with E-state index in [0.29, 0.717) is 6.61 Å². The van der Waals surface area contributed by atoms with Gasteiger partial charge in [-0.3, -0.25) is 0 Å². The van der Waals surface area contributed by atoms with Gasteiger partial charge in [0.05, 0.1) is 0 Å². The zero-order valence-corrected chi connectivity index (χ0v) is 14.2. The second-order valence-electron chi connectivity index (χ2n) is 6.60. The standard InChI is InChI=1S/C22H23NO/c1-22(2,23)20-12-8-18(9-13-20)19-10-14-21(15-11-19)24-16-17-6-4-3-5-7-17/h3-15H,16,23H2,1-2H3. The summed E-state index contributed by atoms with van der Waals surface area (Å²) >= 11 is 0. The number of hydrogen-bond acceptors (Lipinski definition) is 2. The van der Waals surface area contributed by atoms with E-state index in [9.17, 15) is 0 Å². The van der Waals surface area contributed by atoms with Gasteiger partial charge in [0.15, 0.2) is 0 Å². The van der Waals surface area contributed by atoms with E-state index < -0.39 is 0 Å². The Hall–Kier alpha value is -2.58. The normalized spacial score (nSPS) is 11.3. The van der Waals surface area contributed by atoms with Crippen LogP contribution in [-0.2, 0) is 12.1 Å². The molecule has 0 aliphatic rings. The lowest BCUT2D eigenvalue weighted by Crippen LogP contribution is -2.28. The zero-order chi connectivity index (χ0) is 17.0. The molecule has 0 saturated heterocycles. The summed E-state index contributed by atoms with van der Waals surface area (Å²) in [4.78, 5) is 0. The van der Waals surface area contributed by atoms with Gasteiger partial charge in [-0.1, -0.05) is 66.7 Å². The Morgan fingerprint density at radius 3 is 1.83 bits per heavy atom. The van der Waals surface area contributed by atoms with Gasteiger partial charge in [-0.05, 0) is 48.2 Å². The lowest BCUT2D eigenvalue weighted by atomic mass is 9.93. The SMILES string of the molecule is CC(C)(N)c1ccc(-c2ccc(OCc3ccccc3)cc2)cc1. The largest absolute Gasteiger partial charge is 0.489 e. The second kappa shape index (κ2) is 6.90. The van der Waals surface area contributed by atoms with Crippen molar-refractivity contribution in [3.63, 3.8) is 0 Å². The first-order valence-electron chi connectivity index (χ1n) is 8.19. The third-order valence-corrected chi connectivity index (χ3v) is 4.06. The van der Waals surface area contributed by atoms with Crippen LogP contribution in [0.5, 0.6) is 5.75 Å². The number of hydrogen-bond donors (Lipinski definition) is 1. The minimum atomic E-state index is -0.312. The zero-order valence-electron chi connectivity index (χ0n) is 14.2. The Balaban J connectivity index is 1.68. The van der Waals surface area contributed by atoms with Crippen molar-refractivity contribution in [1.29, 1.82) is 0 Å². The summed E-state index contributed by atoms with van der Waals surface area (Å²) in [6.45, 7) is 4.61. The molecule has 24 heavy (non-hydrogen) atoms. The van der Waals surface area contributed by atoms with E-state index in [2.05, 4.69) is 48.5 Å². The third kappa shape index (κ3) is 4.03. The van der Waals surface area contributed by atoms with Crippen molar-refractivity contribution >= 4 is 0 Å². The average Bonchev–Trinajstić information content (AvgIpc) is 2.61. The molecule has 0 amide bonds. The Labute approximate surface area is 143 Å². The van der Waals surface area contributed by atoms with Crippen molar-refractivity contribution in [3.8, 4) is 16.9 Å². The van der Waals surface area contributed by atoms with Crippen LogP contribution in [0.25, 0.3) is 11.1 Å². The van der Waals surface area contributed by atoms with E-state index in [1.54, 1.807) is 0 Å². The van der Waals surface area contributed by atoms with Crippen molar-refractivity contribution in [2.24, 2.45) is 5.73 Å². The number of nitrogens with two attached hydrogens (primary N) is 1. The van der Waals surface area contributed by atoms with E-state index in [4.69, 9.17) is 10.5 Å². The molecule has 2 heteroatoms. The van der Waals surface area contributed by atoms with Crippen LogP contribution in [0, 0.1) is 0 Å². The smallest absolute Gasteiger partial charge is 0.119 e. The van der Waals surface area contributed by atoms with E-state index in [0.717, 1.165) is 11.3 Å². The third-order valence-electron chi connectivity index (χ3n) is 4.06. The van der Waals surface area contributed by atoms with Crippen LogP contribution in [0.15, 0.2) is 78.9 Å². The highest BCUT2D eigenvalue weighted by Gasteiger charge is 2.13. The van der Waals surface area contributed by atoms with Gasteiger partial charge in [-0.15, -0.1) is 0 Å².